The lowest BCUT2D eigenvalue weighted by molar-refractivity contribution is 0.00578. The van der Waals surface area contributed by atoms with Crippen molar-refractivity contribution in [2.45, 2.75) is 91.6 Å². The number of hydrogen-bond acceptors (Lipinski definition) is 36. The number of nitrogens with one attached hydrogen (secondary N) is 8. The maximum absolute atomic E-state index is 13.0. The summed E-state index contributed by atoms with van der Waals surface area (Å²) in [6.45, 7) is 31.0. The Bertz CT molecular complexity index is 6470. The highest BCUT2D eigenvalue weighted by molar-refractivity contribution is 9.11. The van der Waals surface area contributed by atoms with Gasteiger partial charge in [0.1, 0.15) is 49.0 Å². The summed E-state index contributed by atoms with van der Waals surface area (Å²) in [6.07, 6.45) is 26.9. The van der Waals surface area contributed by atoms with Crippen LogP contribution in [0.15, 0.2) is 185 Å². The number of aromatic nitrogens is 16. The molecule has 17 heterocycles. The van der Waals surface area contributed by atoms with E-state index in [0.717, 1.165) is 109 Å². The van der Waals surface area contributed by atoms with Crippen molar-refractivity contribution in [2.24, 2.45) is 0 Å². The molecule has 5 saturated heterocycles. The van der Waals surface area contributed by atoms with Crippen molar-refractivity contribution in [1.29, 1.82) is 0 Å². The second-order valence-corrected chi connectivity index (χ2v) is 40.6. The van der Waals surface area contributed by atoms with Crippen molar-refractivity contribution in [3.63, 3.8) is 0 Å². The first-order chi connectivity index (χ1) is 69.3. The zero-order chi connectivity index (χ0) is 102. The number of pyridine rings is 4. The number of ether oxygens (including phenoxy) is 6. The summed E-state index contributed by atoms with van der Waals surface area (Å²) in [5.74, 6) is 1.38. The minimum atomic E-state index is -0.524. The number of hydrogen-bond donors (Lipinski definition) is 8. The van der Waals surface area contributed by atoms with Gasteiger partial charge in [-0.3, -0.25) is 49.3 Å². The molecule has 8 N–H and O–H groups in total. The van der Waals surface area contributed by atoms with Crippen LogP contribution < -0.4 is 75.9 Å². The van der Waals surface area contributed by atoms with E-state index in [0.29, 0.717) is 140 Å². The number of nitrogens with zero attached hydrogens (tertiary/aromatic N) is 20. The second kappa shape index (κ2) is 47.2. The monoisotopic (exact) mass is 2100 g/mol. The second-order valence-electron chi connectivity index (χ2n) is 35.9. The van der Waals surface area contributed by atoms with Gasteiger partial charge in [0.25, 0.3) is 23.6 Å². The van der Waals surface area contributed by atoms with Crippen LogP contribution >= 0.6 is 61.3 Å². The van der Waals surface area contributed by atoms with E-state index in [2.05, 4.69) is 138 Å². The summed E-state index contributed by atoms with van der Waals surface area (Å²) in [6, 6.07) is 18.7. The molecule has 2 aromatic carbocycles. The number of carbonyl (C=O) groups is 6. The largest absolute Gasteiger partial charge is 0.498 e. The molecule has 754 valence electrons. The normalized spacial score (nSPS) is 15.0. The average molecular weight is 2100 g/mol. The summed E-state index contributed by atoms with van der Waals surface area (Å²) in [5.41, 5.74) is 11.0. The first-order valence-corrected chi connectivity index (χ1v) is 50.3. The highest BCUT2D eigenvalue weighted by Crippen LogP contribution is 2.39. The molecular weight excluding hydrogens is 1990 g/mol. The molecule has 48 heteroatoms. The van der Waals surface area contributed by atoms with Crippen molar-refractivity contribution in [1.82, 2.24) is 100 Å². The lowest BCUT2D eigenvalue weighted by Crippen LogP contribution is -2.50. The van der Waals surface area contributed by atoms with Crippen LogP contribution in [-0.2, 0) is 18.8 Å². The Hall–Kier alpha value is -14.4. The lowest BCUT2D eigenvalue weighted by Gasteiger charge is -2.37. The minimum absolute atomic E-state index is 0.274. The van der Waals surface area contributed by atoms with Crippen LogP contribution in [0.5, 0.6) is 23.0 Å². The van der Waals surface area contributed by atoms with Crippen LogP contribution in [0.1, 0.15) is 111 Å². The molecule has 0 unspecified atom stereocenters. The third kappa shape index (κ3) is 26.7. The van der Waals surface area contributed by atoms with Crippen molar-refractivity contribution >= 4 is 155 Å². The lowest BCUT2D eigenvalue weighted by atomic mass is 9.82. The molecule has 0 radical (unpaired) electrons. The number of amides is 6. The fraction of sp³-hybridized carbons (Fsp3) is 0.354. The standard InChI is InChI=1S/2C24H25N7O3S.C21H25N7O3S.C18H22BrN5O3S.C9H15BN2O2/c2*1-33-21-4-3-17(11-22(21)34-2)31-14-16(12-27-31)24-29-19(15-35-24)23(32)28-18-13-26-6-5-20(18)30-9-7-25-8-10-30;1-21(2,3)31-20(30)28-8-6-27(7-9-28)17-4-5-22-12-15(17)25-18(29)16-13-32-19(26-16)14-10-23-24-11-14;1-18(2,3)27-17(26)24-8-6-23(7-9-24)14-4-5-20-10-12(14)21-15(25)13-11-28-16(19)22-13;1-8(2)9(3,4)14-10(13-8)7-5-11-12-6-7/h2*3-6,11-15,25H,7-10H2,1-2H3,(H,28,32);4-5,10-13H,6-9H2,1-3H3,(H,23,24)(H,25,29);4-5,10-11H,6-9H2,1-3H3,(H,21,25);5-6H,1-4H3,(H,11,12). The fourth-order valence-corrected chi connectivity index (χ4v) is 18.5. The topological polar surface area (TPSA) is 464 Å². The van der Waals surface area contributed by atoms with Crippen molar-refractivity contribution in [3.05, 3.63) is 208 Å². The van der Waals surface area contributed by atoms with Crippen LogP contribution in [-0.4, -0.2) is 288 Å². The maximum atomic E-state index is 13.0. The molecule has 42 nitrogen and oxygen atoms in total. The van der Waals surface area contributed by atoms with Crippen LogP contribution in [0.25, 0.3) is 43.1 Å². The molecule has 5 aliphatic rings. The van der Waals surface area contributed by atoms with Gasteiger partial charge in [-0.05, 0) is 134 Å². The Morgan fingerprint density at radius 3 is 1.08 bits per heavy atom. The Labute approximate surface area is 856 Å². The number of H-pyrrole nitrogens is 2. The van der Waals surface area contributed by atoms with E-state index < -0.39 is 11.2 Å². The number of aromatic amines is 2. The van der Waals surface area contributed by atoms with Crippen LogP contribution in [0.4, 0.5) is 55.1 Å². The molecule has 0 saturated carbocycles. The van der Waals surface area contributed by atoms with Crippen molar-refractivity contribution in [3.8, 4) is 66.1 Å². The number of anilines is 8. The summed E-state index contributed by atoms with van der Waals surface area (Å²) < 4.78 is 48.0. The number of piperazine rings is 4. The maximum Gasteiger partial charge on any atom is 0.498 e. The van der Waals surface area contributed by atoms with Gasteiger partial charge in [0, 0.05) is 216 Å². The van der Waals surface area contributed by atoms with E-state index in [1.807, 2.05) is 142 Å². The number of halogens is 1. The van der Waals surface area contributed by atoms with E-state index >= 15 is 0 Å². The van der Waals surface area contributed by atoms with E-state index in [4.69, 9.17) is 37.7 Å². The van der Waals surface area contributed by atoms with Gasteiger partial charge in [0.2, 0.25) is 0 Å². The quantitative estimate of drug-likeness (QED) is 0.0292. The van der Waals surface area contributed by atoms with E-state index in [9.17, 15) is 28.8 Å². The highest BCUT2D eigenvalue weighted by Gasteiger charge is 2.52. The Kier molecular flexibility index (Phi) is 34.1. The number of carbonyl (C=O) groups excluding carboxylic acids is 6. The zero-order valence-electron chi connectivity index (χ0n) is 81.9. The highest BCUT2D eigenvalue weighted by atomic mass is 79.9. The Morgan fingerprint density at radius 1 is 0.410 bits per heavy atom. The zero-order valence-corrected chi connectivity index (χ0v) is 86.7. The molecule has 5 aliphatic heterocycles. The molecule has 14 aromatic rings. The van der Waals surface area contributed by atoms with Gasteiger partial charge in [0.15, 0.2) is 26.9 Å². The van der Waals surface area contributed by atoms with Crippen molar-refractivity contribution in [2.75, 3.05) is 174 Å². The molecule has 0 bridgehead atoms. The van der Waals surface area contributed by atoms with Gasteiger partial charge in [-0.25, -0.2) is 38.9 Å². The third-order valence-corrected chi connectivity index (χ3v) is 27.3. The van der Waals surface area contributed by atoms with Gasteiger partial charge >= 0.3 is 19.3 Å². The van der Waals surface area contributed by atoms with E-state index in [-0.39, 0.29) is 54.1 Å². The molecule has 0 aliphatic carbocycles. The molecular formula is C96H112BBrN28O14S4. The van der Waals surface area contributed by atoms with Crippen molar-refractivity contribution < 1.29 is 66.5 Å². The van der Waals surface area contributed by atoms with Crippen LogP contribution in [0, 0.1) is 0 Å². The summed E-state index contributed by atoms with van der Waals surface area (Å²) in [7, 11) is 6.08. The summed E-state index contributed by atoms with van der Waals surface area (Å²) in [4.78, 5) is 122. The third-order valence-electron chi connectivity index (χ3n) is 23.3. The first-order valence-electron chi connectivity index (χ1n) is 46.0. The van der Waals surface area contributed by atoms with Crippen LogP contribution in [0.3, 0.4) is 0 Å². The Morgan fingerprint density at radius 2 is 0.750 bits per heavy atom. The van der Waals surface area contributed by atoms with Gasteiger partial charge < -0.3 is 99.0 Å². The van der Waals surface area contributed by atoms with Gasteiger partial charge in [0.05, 0.1) is 140 Å². The summed E-state index contributed by atoms with van der Waals surface area (Å²) >= 11 is 8.78. The van der Waals surface area contributed by atoms with Gasteiger partial charge in [-0.15, -0.1) is 45.3 Å². The number of benzene rings is 2. The Balaban J connectivity index is 0.000000138. The van der Waals surface area contributed by atoms with E-state index in [1.165, 1.54) is 45.3 Å². The smallest absolute Gasteiger partial charge is 0.493 e. The van der Waals surface area contributed by atoms with Gasteiger partial charge in [-0.1, -0.05) is 0 Å². The number of methoxy groups -OCH3 is 4. The predicted molar refractivity (Wildman–Crippen MR) is 558 cm³/mol. The van der Waals surface area contributed by atoms with Gasteiger partial charge in [-0.2, -0.15) is 20.4 Å². The molecule has 0 spiro atoms. The number of thiazole rings is 4. The molecule has 144 heavy (non-hydrogen) atoms. The first kappa shape index (κ1) is 104. The number of rotatable bonds is 22. The van der Waals surface area contributed by atoms with E-state index in [1.54, 1.807) is 156 Å². The molecule has 19 rings (SSSR count). The SMILES string of the molecule is CC(C)(C)OC(=O)N1CCN(c2ccncc2NC(=O)c2csc(-c3cn[nH]c3)n2)CC1.CC(C)(C)OC(=O)N1CCN(c2ccncc2NC(=O)c2csc(Br)n2)CC1.CC1(C)OB(c2cn[nH]c2)OC1(C)C.COc1ccc(-n2cc(-c3nc(C(=O)Nc4cnccc4N4CCNCC4)cs3)cn2)cc1OC.COc1ccc(-n2cc(-c3nc(C(=O)Nc4cnccc4N4CCNCC4)cs3)cn2)cc1OC. The molecule has 0 atom stereocenters. The molecule has 12 aromatic heterocycles. The molecule has 6 amide bonds. The minimum Gasteiger partial charge on any atom is -0.493 e. The fourth-order valence-electron chi connectivity index (χ4n) is 15.2. The summed E-state index contributed by atoms with van der Waals surface area (Å²) in [5, 5.41) is 49.6. The predicted octanol–water partition coefficient (Wildman–Crippen LogP) is 13.7. The molecule has 5 fully saturated rings. The average Bonchev–Trinajstić information content (AvgIpc) is 1.62. The van der Waals surface area contributed by atoms with Crippen LogP contribution in [0.2, 0.25) is 0 Å².